The molecule has 3 heterocycles. The molecule has 0 saturated carbocycles. The summed E-state index contributed by atoms with van der Waals surface area (Å²) in [5.41, 5.74) is 2.43. The Morgan fingerprint density at radius 3 is 2.18 bits per heavy atom. The van der Waals surface area contributed by atoms with Gasteiger partial charge in [-0.1, -0.05) is 23.7 Å². The molecule has 0 atom stereocenters. The number of rotatable bonds is 4. The standard InChI is InChI=1S/C22H24ClN5O4S/c1-15(29)26-10-12-27(13-11-26)22(30)21-20(16-4-6-17(23)7-5-16)24-19-9-8-18(14-28(19)21)25(2)33(3,31)32/h4-9,14H,10-13H2,1-3H3. The van der Waals surface area contributed by atoms with E-state index in [0.29, 0.717) is 59.5 Å². The fourth-order valence-electron chi connectivity index (χ4n) is 3.80. The Morgan fingerprint density at radius 2 is 1.61 bits per heavy atom. The third-order valence-corrected chi connectivity index (χ3v) is 7.25. The summed E-state index contributed by atoms with van der Waals surface area (Å²) in [6.07, 6.45) is 2.71. The lowest BCUT2D eigenvalue weighted by atomic mass is 10.1. The number of hydrogen-bond donors (Lipinski definition) is 0. The van der Waals surface area contributed by atoms with Gasteiger partial charge in [0.15, 0.2) is 0 Å². The molecule has 4 rings (SSSR count). The lowest BCUT2D eigenvalue weighted by molar-refractivity contribution is -0.130. The lowest BCUT2D eigenvalue weighted by Gasteiger charge is -2.34. The van der Waals surface area contributed by atoms with Gasteiger partial charge in [0, 0.05) is 56.9 Å². The van der Waals surface area contributed by atoms with Gasteiger partial charge in [-0.15, -0.1) is 0 Å². The number of nitrogens with zero attached hydrogens (tertiary/aromatic N) is 5. The summed E-state index contributed by atoms with van der Waals surface area (Å²) in [4.78, 5) is 33.4. The van der Waals surface area contributed by atoms with Crippen molar-refractivity contribution in [3.8, 4) is 11.3 Å². The third-order valence-electron chi connectivity index (χ3n) is 5.80. The van der Waals surface area contributed by atoms with Crippen LogP contribution in [0.2, 0.25) is 5.02 Å². The van der Waals surface area contributed by atoms with Crippen LogP contribution in [-0.4, -0.2) is 78.9 Å². The summed E-state index contributed by atoms with van der Waals surface area (Å²) in [6, 6.07) is 10.4. The largest absolute Gasteiger partial charge is 0.339 e. The molecule has 174 valence electrons. The Balaban J connectivity index is 1.83. The maximum atomic E-state index is 13.7. The lowest BCUT2D eigenvalue weighted by Crippen LogP contribution is -2.50. The maximum absolute atomic E-state index is 13.7. The molecule has 9 nitrogen and oxygen atoms in total. The second-order valence-corrected chi connectivity index (χ2v) is 10.4. The van der Waals surface area contributed by atoms with Crippen molar-refractivity contribution in [2.24, 2.45) is 0 Å². The van der Waals surface area contributed by atoms with Crippen LogP contribution in [-0.2, 0) is 14.8 Å². The number of pyridine rings is 1. The number of benzene rings is 1. The van der Waals surface area contributed by atoms with Gasteiger partial charge >= 0.3 is 0 Å². The first-order valence-corrected chi connectivity index (χ1v) is 12.6. The highest BCUT2D eigenvalue weighted by atomic mass is 35.5. The van der Waals surface area contributed by atoms with E-state index in [4.69, 9.17) is 11.6 Å². The summed E-state index contributed by atoms with van der Waals surface area (Å²) in [6.45, 7) is 3.22. The second-order valence-electron chi connectivity index (χ2n) is 7.96. The minimum atomic E-state index is -3.49. The number of carbonyl (C=O) groups excluding carboxylic acids is 2. The van der Waals surface area contributed by atoms with Gasteiger partial charge in [-0.25, -0.2) is 13.4 Å². The van der Waals surface area contributed by atoms with Gasteiger partial charge in [0.2, 0.25) is 15.9 Å². The van der Waals surface area contributed by atoms with E-state index in [-0.39, 0.29) is 11.8 Å². The van der Waals surface area contributed by atoms with Crippen LogP contribution in [0.3, 0.4) is 0 Å². The highest BCUT2D eigenvalue weighted by molar-refractivity contribution is 7.92. The monoisotopic (exact) mass is 489 g/mol. The van der Waals surface area contributed by atoms with E-state index in [9.17, 15) is 18.0 Å². The molecule has 0 N–H and O–H groups in total. The number of imidazole rings is 1. The average molecular weight is 490 g/mol. The van der Waals surface area contributed by atoms with Crippen LogP contribution in [0, 0.1) is 0 Å². The van der Waals surface area contributed by atoms with Gasteiger partial charge in [-0.3, -0.25) is 18.3 Å². The molecule has 0 unspecified atom stereocenters. The van der Waals surface area contributed by atoms with E-state index < -0.39 is 10.0 Å². The Labute approximate surface area is 197 Å². The highest BCUT2D eigenvalue weighted by Gasteiger charge is 2.29. The molecule has 1 aliphatic heterocycles. The summed E-state index contributed by atoms with van der Waals surface area (Å²) in [5, 5.41) is 0.563. The minimum absolute atomic E-state index is 0.0211. The van der Waals surface area contributed by atoms with Crippen LogP contribution in [0.4, 0.5) is 5.69 Å². The molecular formula is C22H24ClN5O4S. The zero-order valence-electron chi connectivity index (χ0n) is 18.5. The fraction of sp³-hybridized carbons (Fsp3) is 0.318. The Bertz CT molecular complexity index is 1330. The van der Waals surface area contributed by atoms with Crippen molar-refractivity contribution in [3.05, 3.63) is 53.3 Å². The zero-order chi connectivity index (χ0) is 23.9. The number of piperazine rings is 1. The number of halogens is 1. The van der Waals surface area contributed by atoms with Crippen molar-refractivity contribution in [2.45, 2.75) is 6.92 Å². The van der Waals surface area contributed by atoms with Gasteiger partial charge in [0.05, 0.1) is 11.9 Å². The van der Waals surface area contributed by atoms with Gasteiger partial charge in [-0.2, -0.15) is 0 Å². The number of fused-ring (bicyclic) bond motifs is 1. The predicted molar refractivity (Wildman–Crippen MR) is 127 cm³/mol. The first kappa shape index (κ1) is 23.1. The molecule has 0 bridgehead atoms. The molecule has 0 radical (unpaired) electrons. The molecule has 1 aliphatic rings. The molecular weight excluding hydrogens is 466 g/mol. The van der Waals surface area contributed by atoms with E-state index >= 15 is 0 Å². The smallest absolute Gasteiger partial charge is 0.273 e. The SMILES string of the molecule is CC(=O)N1CCN(C(=O)c2c(-c3ccc(Cl)cc3)nc3ccc(N(C)S(C)(=O)=O)cn23)CC1. The third kappa shape index (κ3) is 4.53. The fourth-order valence-corrected chi connectivity index (χ4v) is 4.42. The molecule has 1 saturated heterocycles. The van der Waals surface area contributed by atoms with E-state index in [2.05, 4.69) is 4.98 Å². The van der Waals surface area contributed by atoms with Crippen LogP contribution < -0.4 is 4.31 Å². The first-order chi connectivity index (χ1) is 15.6. The molecule has 2 amide bonds. The van der Waals surface area contributed by atoms with Crippen molar-refractivity contribution >= 4 is 44.8 Å². The normalized spacial score (nSPS) is 14.5. The average Bonchev–Trinajstić information content (AvgIpc) is 3.16. The van der Waals surface area contributed by atoms with E-state index in [0.717, 1.165) is 10.6 Å². The maximum Gasteiger partial charge on any atom is 0.273 e. The van der Waals surface area contributed by atoms with Crippen LogP contribution in [0.5, 0.6) is 0 Å². The highest BCUT2D eigenvalue weighted by Crippen LogP contribution is 2.29. The van der Waals surface area contributed by atoms with Crippen LogP contribution >= 0.6 is 11.6 Å². The molecule has 0 spiro atoms. The quantitative estimate of drug-likeness (QED) is 0.560. The number of hydrogen-bond acceptors (Lipinski definition) is 5. The van der Waals surface area contributed by atoms with Crippen LogP contribution in [0.25, 0.3) is 16.9 Å². The molecule has 1 fully saturated rings. The molecule has 3 aromatic rings. The van der Waals surface area contributed by atoms with Crippen LogP contribution in [0.15, 0.2) is 42.6 Å². The first-order valence-electron chi connectivity index (χ1n) is 10.3. The van der Waals surface area contributed by atoms with Gasteiger partial charge in [0.1, 0.15) is 17.0 Å². The number of aromatic nitrogens is 2. The Hall–Kier alpha value is -3.11. The van der Waals surface area contributed by atoms with Crippen LogP contribution in [0.1, 0.15) is 17.4 Å². The van der Waals surface area contributed by atoms with Crippen molar-refractivity contribution in [1.82, 2.24) is 19.2 Å². The van der Waals surface area contributed by atoms with Crippen molar-refractivity contribution in [3.63, 3.8) is 0 Å². The number of anilines is 1. The Kier molecular flexibility index (Phi) is 6.06. The van der Waals surface area contributed by atoms with E-state index in [1.807, 2.05) is 0 Å². The number of carbonyl (C=O) groups is 2. The second kappa shape index (κ2) is 8.68. The molecule has 11 heteroatoms. The van der Waals surface area contributed by atoms with Gasteiger partial charge in [-0.05, 0) is 24.3 Å². The van der Waals surface area contributed by atoms with Crippen molar-refractivity contribution < 1.29 is 18.0 Å². The molecule has 0 aliphatic carbocycles. The molecule has 33 heavy (non-hydrogen) atoms. The minimum Gasteiger partial charge on any atom is -0.339 e. The van der Waals surface area contributed by atoms with Crippen molar-refractivity contribution in [1.29, 1.82) is 0 Å². The molecule has 1 aromatic carbocycles. The molecule has 2 aromatic heterocycles. The predicted octanol–water partition coefficient (Wildman–Crippen LogP) is 2.35. The van der Waals surface area contributed by atoms with Gasteiger partial charge in [0.25, 0.3) is 5.91 Å². The van der Waals surface area contributed by atoms with E-state index in [1.165, 1.54) is 14.0 Å². The Morgan fingerprint density at radius 1 is 1.00 bits per heavy atom. The van der Waals surface area contributed by atoms with E-state index in [1.54, 1.807) is 56.8 Å². The number of sulfonamides is 1. The summed E-state index contributed by atoms with van der Waals surface area (Å²) >= 11 is 6.04. The zero-order valence-corrected chi connectivity index (χ0v) is 20.1. The topological polar surface area (TPSA) is 95.3 Å². The van der Waals surface area contributed by atoms with Crippen molar-refractivity contribution in [2.75, 3.05) is 43.8 Å². The number of amides is 2. The summed E-state index contributed by atoms with van der Waals surface area (Å²) < 4.78 is 26.9. The van der Waals surface area contributed by atoms with Gasteiger partial charge < -0.3 is 9.80 Å². The summed E-state index contributed by atoms with van der Waals surface area (Å²) in [7, 11) is -2.04. The summed E-state index contributed by atoms with van der Waals surface area (Å²) in [5.74, 6) is -0.262.